The molecule has 0 radical (unpaired) electrons. The number of hydrogen-bond donors (Lipinski definition) is 1. The highest BCUT2D eigenvalue weighted by Crippen LogP contribution is 2.20. The van der Waals surface area contributed by atoms with Gasteiger partial charge in [-0.2, -0.15) is 0 Å². The molecule has 5 nitrogen and oxygen atoms in total. The lowest BCUT2D eigenvalue weighted by Gasteiger charge is -2.12. The van der Waals surface area contributed by atoms with Gasteiger partial charge in [-0.1, -0.05) is 42.5 Å². The molecule has 1 N–H and O–H groups in total. The largest absolute Gasteiger partial charge is 0.497 e. The Labute approximate surface area is 163 Å². The molecular formula is C23H21NO4. The second-order valence-corrected chi connectivity index (χ2v) is 6.20. The van der Waals surface area contributed by atoms with Crippen molar-refractivity contribution in [2.45, 2.75) is 13.0 Å². The van der Waals surface area contributed by atoms with Crippen molar-refractivity contribution >= 4 is 34.4 Å². The van der Waals surface area contributed by atoms with Gasteiger partial charge in [0.05, 0.1) is 7.11 Å². The van der Waals surface area contributed by atoms with Crippen LogP contribution in [0.2, 0.25) is 0 Å². The number of rotatable bonds is 6. The van der Waals surface area contributed by atoms with Crippen molar-refractivity contribution in [2.24, 2.45) is 0 Å². The maximum Gasteiger partial charge on any atom is 0.331 e. The molecule has 1 amide bonds. The Balaban J connectivity index is 1.60. The van der Waals surface area contributed by atoms with E-state index in [1.807, 2.05) is 42.5 Å². The molecule has 0 fully saturated rings. The highest BCUT2D eigenvalue weighted by molar-refractivity contribution is 5.98. The molecule has 0 aromatic heterocycles. The summed E-state index contributed by atoms with van der Waals surface area (Å²) in [5.41, 5.74) is 1.50. The average molecular weight is 375 g/mol. The molecule has 0 aliphatic heterocycles. The van der Waals surface area contributed by atoms with Crippen molar-refractivity contribution in [1.29, 1.82) is 0 Å². The van der Waals surface area contributed by atoms with Gasteiger partial charge in [0, 0.05) is 11.8 Å². The van der Waals surface area contributed by atoms with Crippen LogP contribution in [0.15, 0.2) is 72.8 Å². The third-order valence-corrected chi connectivity index (χ3v) is 4.24. The molecule has 1 atom stereocenters. The summed E-state index contributed by atoms with van der Waals surface area (Å²) in [6.45, 7) is 1.53. The lowest BCUT2D eigenvalue weighted by Crippen LogP contribution is -2.29. The van der Waals surface area contributed by atoms with Crippen LogP contribution in [0, 0.1) is 0 Å². The quantitative estimate of drug-likeness (QED) is 0.511. The van der Waals surface area contributed by atoms with Crippen molar-refractivity contribution in [3.8, 4) is 5.75 Å². The van der Waals surface area contributed by atoms with Crippen molar-refractivity contribution in [1.82, 2.24) is 0 Å². The van der Waals surface area contributed by atoms with E-state index in [9.17, 15) is 9.59 Å². The average Bonchev–Trinajstić information content (AvgIpc) is 2.72. The molecule has 5 heteroatoms. The summed E-state index contributed by atoms with van der Waals surface area (Å²) in [6.07, 6.45) is 2.10. The molecule has 0 saturated carbocycles. The van der Waals surface area contributed by atoms with Crippen LogP contribution in [0.4, 0.5) is 5.69 Å². The van der Waals surface area contributed by atoms with Crippen LogP contribution in [-0.2, 0) is 14.3 Å². The Morgan fingerprint density at radius 1 is 0.964 bits per heavy atom. The number of esters is 1. The third kappa shape index (κ3) is 4.76. The Kier molecular flexibility index (Phi) is 6.07. The molecule has 142 valence electrons. The van der Waals surface area contributed by atoms with Gasteiger partial charge in [-0.25, -0.2) is 4.79 Å². The van der Waals surface area contributed by atoms with E-state index in [1.165, 1.54) is 13.0 Å². The first-order valence-corrected chi connectivity index (χ1v) is 8.88. The van der Waals surface area contributed by atoms with Gasteiger partial charge >= 0.3 is 5.97 Å². The zero-order chi connectivity index (χ0) is 19.9. The Hall–Kier alpha value is -3.60. The highest BCUT2D eigenvalue weighted by atomic mass is 16.5. The molecule has 3 aromatic rings. The lowest BCUT2D eigenvalue weighted by atomic mass is 10.0. The smallest absolute Gasteiger partial charge is 0.331 e. The van der Waals surface area contributed by atoms with E-state index in [2.05, 4.69) is 5.32 Å². The van der Waals surface area contributed by atoms with Crippen LogP contribution >= 0.6 is 0 Å². The zero-order valence-corrected chi connectivity index (χ0v) is 15.7. The number of benzene rings is 3. The van der Waals surface area contributed by atoms with Crippen molar-refractivity contribution in [2.75, 3.05) is 12.4 Å². The fourth-order valence-electron chi connectivity index (χ4n) is 2.74. The molecule has 0 saturated heterocycles. The van der Waals surface area contributed by atoms with Crippen molar-refractivity contribution in [3.05, 3.63) is 78.4 Å². The van der Waals surface area contributed by atoms with Crippen molar-refractivity contribution in [3.63, 3.8) is 0 Å². The Morgan fingerprint density at radius 2 is 1.68 bits per heavy atom. The minimum Gasteiger partial charge on any atom is -0.497 e. The van der Waals surface area contributed by atoms with Gasteiger partial charge in [-0.15, -0.1) is 0 Å². The number of carbonyl (C=O) groups is 2. The lowest BCUT2D eigenvalue weighted by molar-refractivity contribution is -0.148. The fraction of sp³-hybridized carbons (Fsp3) is 0.130. The second-order valence-electron chi connectivity index (χ2n) is 6.20. The summed E-state index contributed by atoms with van der Waals surface area (Å²) in [6, 6.07) is 20.7. The number of methoxy groups -OCH3 is 1. The normalized spacial score (nSPS) is 11.9. The van der Waals surface area contributed by atoms with E-state index in [0.717, 1.165) is 16.3 Å². The summed E-state index contributed by atoms with van der Waals surface area (Å²) in [5.74, 6) is -0.293. The summed E-state index contributed by atoms with van der Waals surface area (Å²) in [5, 5.41) is 4.83. The van der Waals surface area contributed by atoms with Gasteiger partial charge in [-0.05, 0) is 53.6 Å². The SMILES string of the molecule is COc1ccc(NC(=O)[C@H](C)OC(=O)/C=C/c2cccc3ccccc23)cc1. The number of hydrogen-bond acceptors (Lipinski definition) is 4. The van der Waals surface area contributed by atoms with Gasteiger partial charge in [0.25, 0.3) is 5.91 Å². The topological polar surface area (TPSA) is 64.6 Å². The minimum absolute atomic E-state index is 0.405. The standard InChI is InChI=1S/C23H21NO4/c1-16(23(26)24-19-11-13-20(27-2)14-12-19)28-22(25)15-10-18-8-5-7-17-6-3-4-9-21(17)18/h3-16H,1-2H3,(H,24,26)/b15-10+/t16-/m0/s1. The molecule has 0 heterocycles. The monoisotopic (exact) mass is 375 g/mol. The minimum atomic E-state index is -0.924. The van der Waals surface area contributed by atoms with Crippen LogP contribution in [-0.4, -0.2) is 25.1 Å². The van der Waals surface area contributed by atoms with Crippen LogP contribution in [0.5, 0.6) is 5.75 Å². The van der Waals surface area contributed by atoms with Crippen molar-refractivity contribution < 1.29 is 19.1 Å². The van der Waals surface area contributed by atoms with E-state index in [4.69, 9.17) is 9.47 Å². The molecule has 0 bridgehead atoms. The number of fused-ring (bicyclic) bond motifs is 1. The molecule has 3 rings (SSSR count). The maximum atomic E-state index is 12.2. The first-order valence-electron chi connectivity index (χ1n) is 8.88. The third-order valence-electron chi connectivity index (χ3n) is 4.24. The first kappa shape index (κ1) is 19.2. The molecule has 28 heavy (non-hydrogen) atoms. The number of nitrogens with one attached hydrogen (secondary N) is 1. The first-order chi connectivity index (χ1) is 13.6. The molecule has 0 aliphatic rings. The predicted molar refractivity (Wildman–Crippen MR) is 110 cm³/mol. The van der Waals surface area contributed by atoms with Crippen LogP contribution in [0.3, 0.4) is 0 Å². The molecular weight excluding hydrogens is 354 g/mol. The second kappa shape index (κ2) is 8.86. The summed E-state index contributed by atoms with van der Waals surface area (Å²) in [4.78, 5) is 24.3. The number of carbonyl (C=O) groups excluding carboxylic acids is 2. The number of anilines is 1. The van der Waals surface area contributed by atoms with Gasteiger partial charge in [0.15, 0.2) is 6.10 Å². The highest BCUT2D eigenvalue weighted by Gasteiger charge is 2.16. The molecule has 0 aliphatic carbocycles. The predicted octanol–water partition coefficient (Wildman–Crippen LogP) is 4.43. The van der Waals surface area contributed by atoms with Gasteiger partial charge in [-0.3, -0.25) is 4.79 Å². The summed E-state index contributed by atoms with van der Waals surface area (Å²) >= 11 is 0. The van der Waals surface area contributed by atoms with Crippen LogP contribution in [0.25, 0.3) is 16.8 Å². The summed E-state index contributed by atoms with van der Waals surface area (Å²) in [7, 11) is 1.57. The molecule has 3 aromatic carbocycles. The van der Waals surface area contributed by atoms with E-state index in [1.54, 1.807) is 37.5 Å². The number of ether oxygens (including phenoxy) is 2. The fourth-order valence-corrected chi connectivity index (χ4v) is 2.74. The summed E-state index contributed by atoms with van der Waals surface area (Å²) < 4.78 is 10.3. The Bertz CT molecular complexity index is 1000. The molecule has 0 unspecified atom stereocenters. The number of amides is 1. The maximum absolute atomic E-state index is 12.2. The van der Waals surface area contributed by atoms with Crippen LogP contribution < -0.4 is 10.1 Å². The zero-order valence-electron chi connectivity index (χ0n) is 15.7. The van der Waals surface area contributed by atoms with Crippen LogP contribution in [0.1, 0.15) is 12.5 Å². The van der Waals surface area contributed by atoms with E-state index in [-0.39, 0.29) is 0 Å². The van der Waals surface area contributed by atoms with Gasteiger partial charge in [0.2, 0.25) is 0 Å². The van der Waals surface area contributed by atoms with Gasteiger partial charge < -0.3 is 14.8 Å². The van der Waals surface area contributed by atoms with Gasteiger partial charge in [0.1, 0.15) is 5.75 Å². The Morgan fingerprint density at radius 3 is 2.43 bits per heavy atom. The van der Waals surface area contributed by atoms with E-state index < -0.39 is 18.0 Å². The van der Waals surface area contributed by atoms with E-state index in [0.29, 0.717) is 11.4 Å². The van der Waals surface area contributed by atoms with E-state index >= 15 is 0 Å². The molecule has 0 spiro atoms.